The smallest absolute Gasteiger partial charge is 0.243 e. The SMILES string of the molecule is CN(Cc1cccc(Cl)c1)C(=O)CCc1ccc(S(=O)(=O)N2CCOCC2)cc1. The average molecular weight is 437 g/mol. The molecule has 0 bridgehead atoms. The lowest BCUT2D eigenvalue weighted by Crippen LogP contribution is -2.40. The van der Waals surface area contributed by atoms with Gasteiger partial charge in [0.25, 0.3) is 0 Å². The second-order valence-electron chi connectivity index (χ2n) is 7.04. The summed E-state index contributed by atoms with van der Waals surface area (Å²) >= 11 is 5.99. The van der Waals surface area contributed by atoms with Gasteiger partial charge in [-0.2, -0.15) is 4.31 Å². The molecule has 1 amide bonds. The molecule has 1 heterocycles. The zero-order valence-electron chi connectivity index (χ0n) is 16.4. The van der Waals surface area contributed by atoms with Crippen LogP contribution >= 0.6 is 11.6 Å². The van der Waals surface area contributed by atoms with E-state index in [9.17, 15) is 13.2 Å². The summed E-state index contributed by atoms with van der Waals surface area (Å²) in [5.74, 6) is 0.0231. The molecule has 1 fully saturated rings. The Bertz CT molecular complexity index is 941. The fourth-order valence-electron chi connectivity index (χ4n) is 3.20. The van der Waals surface area contributed by atoms with Crippen molar-refractivity contribution in [2.45, 2.75) is 24.3 Å². The Balaban J connectivity index is 1.55. The van der Waals surface area contributed by atoms with Crippen LogP contribution < -0.4 is 0 Å². The summed E-state index contributed by atoms with van der Waals surface area (Å²) in [7, 11) is -1.73. The van der Waals surface area contributed by atoms with Gasteiger partial charge in [-0.3, -0.25) is 4.79 Å². The topological polar surface area (TPSA) is 66.9 Å². The first-order valence-corrected chi connectivity index (χ1v) is 11.3. The van der Waals surface area contributed by atoms with Gasteiger partial charge >= 0.3 is 0 Å². The summed E-state index contributed by atoms with van der Waals surface area (Å²) in [5.41, 5.74) is 1.90. The maximum Gasteiger partial charge on any atom is 0.243 e. The van der Waals surface area contributed by atoms with Gasteiger partial charge in [0, 0.05) is 38.1 Å². The Kier molecular flexibility index (Phi) is 7.29. The van der Waals surface area contributed by atoms with Crippen LogP contribution in [0.15, 0.2) is 53.4 Å². The lowest BCUT2D eigenvalue weighted by atomic mass is 10.1. The number of amides is 1. The van der Waals surface area contributed by atoms with Gasteiger partial charge in [0.1, 0.15) is 0 Å². The molecule has 2 aromatic rings. The van der Waals surface area contributed by atoms with E-state index in [1.165, 1.54) is 4.31 Å². The van der Waals surface area contributed by atoms with Crippen molar-refractivity contribution in [1.29, 1.82) is 0 Å². The fourth-order valence-corrected chi connectivity index (χ4v) is 4.82. The van der Waals surface area contributed by atoms with Crippen molar-refractivity contribution >= 4 is 27.5 Å². The summed E-state index contributed by atoms with van der Waals surface area (Å²) in [6.07, 6.45) is 0.906. The van der Waals surface area contributed by atoms with Gasteiger partial charge in [0.2, 0.25) is 15.9 Å². The van der Waals surface area contributed by atoms with Crippen molar-refractivity contribution in [3.8, 4) is 0 Å². The number of hydrogen-bond donors (Lipinski definition) is 0. The van der Waals surface area contributed by atoms with Crippen LogP contribution in [0.1, 0.15) is 17.5 Å². The molecular formula is C21H25ClN2O4S. The monoisotopic (exact) mass is 436 g/mol. The van der Waals surface area contributed by atoms with E-state index in [2.05, 4.69) is 0 Å². The molecule has 1 aliphatic rings. The molecule has 0 aliphatic carbocycles. The highest BCUT2D eigenvalue weighted by molar-refractivity contribution is 7.89. The van der Waals surface area contributed by atoms with Crippen LogP contribution in [0.3, 0.4) is 0 Å². The molecule has 156 valence electrons. The zero-order valence-corrected chi connectivity index (χ0v) is 18.0. The third-order valence-corrected chi connectivity index (χ3v) is 7.04. The van der Waals surface area contributed by atoms with Gasteiger partial charge in [-0.05, 0) is 41.8 Å². The van der Waals surface area contributed by atoms with E-state index in [1.807, 2.05) is 18.2 Å². The molecule has 2 aromatic carbocycles. The molecule has 8 heteroatoms. The minimum absolute atomic E-state index is 0.0231. The first kappa shape index (κ1) is 21.8. The molecule has 0 radical (unpaired) electrons. The van der Waals surface area contributed by atoms with Gasteiger partial charge < -0.3 is 9.64 Å². The third-order valence-electron chi connectivity index (χ3n) is 4.89. The van der Waals surface area contributed by atoms with Gasteiger partial charge in [0.15, 0.2) is 0 Å². The molecule has 6 nitrogen and oxygen atoms in total. The van der Waals surface area contributed by atoms with Crippen LogP contribution in [0.25, 0.3) is 0 Å². The number of halogens is 1. The Morgan fingerprint density at radius 2 is 1.79 bits per heavy atom. The van der Waals surface area contributed by atoms with Crippen molar-refractivity contribution in [3.05, 3.63) is 64.7 Å². The third kappa shape index (κ3) is 5.79. The summed E-state index contributed by atoms with van der Waals surface area (Å²) in [4.78, 5) is 14.4. The van der Waals surface area contributed by atoms with E-state index >= 15 is 0 Å². The molecule has 3 rings (SSSR count). The first-order chi connectivity index (χ1) is 13.9. The molecule has 0 N–H and O–H groups in total. The summed E-state index contributed by atoms with van der Waals surface area (Å²) < 4.78 is 32.0. The minimum Gasteiger partial charge on any atom is -0.379 e. The number of carbonyl (C=O) groups excluding carboxylic acids is 1. The number of aryl methyl sites for hydroxylation is 1. The molecule has 0 unspecified atom stereocenters. The van der Waals surface area contributed by atoms with E-state index in [-0.39, 0.29) is 10.8 Å². The Hall–Kier alpha value is -1.93. The van der Waals surface area contributed by atoms with Crippen LogP contribution in [0.5, 0.6) is 0 Å². The number of hydrogen-bond acceptors (Lipinski definition) is 4. The summed E-state index contributed by atoms with van der Waals surface area (Å²) in [5, 5.41) is 0.649. The predicted octanol–water partition coefficient (Wildman–Crippen LogP) is 2.95. The Labute approximate surface area is 177 Å². The van der Waals surface area contributed by atoms with Gasteiger partial charge in [-0.1, -0.05) is 35.9 Å². The van der Waals surface area contributed by atoms with Crippen molar-refractivity contribution in [2.75, 3.05) is 33.4 Å². The van der Waals surface area contributed by atoms with Crippen LogP contribution in [0, 0.1) is 0 Å². The number of rotatable bonds is 7. The van der Waals surface area contributed by atoms with Crippen LogP contribution in [0.2, 0.25) is 5.02 Å². The van der Waals surface area contributed by atoms with Crippen LogP contribution in [-0.2, 0) is 32.5 Å². The van der Waals surface area contributed by atoms with Crippen molar-refractivity contribution < 1.29 is 17.9 Å². The molecule has 1 aliphatic heterocycles. The van der Waals surface area contributed by atoms with Gasteiger partial charge in [0.05, 0.1) is 18.1 Å². The van der Waals surface area contributed by atoms with Crippen molar-refractivity contribution in [3.63, 3.8) is 0 Å². The molecule has 29 heavy (non-hydrogen) atoms. The van der Waals surface area contributed by atoms with Gasteiger partial charge in [-0.25, -0.2) is 8.42 Å². The summed E-state index contributed by atoms with van der Waals surface area (Å²) in [6.45, 7) is 2.08. The number of carbonyl (C=O) groups is 1. The van der Waals surface area contributed by atoms with Crippen LogP contribution in [-0.4, -0.2) is 56.9 Å². The second-order valence-corrected chi connectivity index (χ2v) is 9.41. The van der Waals surface area contributed by atoms with Crippen molar-refractivity contribution in [2.24, 2.45) is 0 Å². The lowest BCUT2D eigenvalue weighted by Gasteiger charge is -2.26. The number of nitrogens with zero attached hydrogens (tertiary/aromatic N) is 2. The van der Waals surface area contributed by atoms with Gasteiger partial charge in [-0.15, -0.1) is 0 Å². The number of ether oxygens (including phenoxy) is 1. The highest BCUT2D eigenvalue weighted by Crippen LogP contribution is 2.19. The summed E-state index contributed by atoms with van der Waals surface area (Å²) in [6, 6.07) is 14.2. The average Bonchev–Trinajstić information content (AvgIpc) is 2.73. The highest BCUT2D eigenvalue weighted by Gasteiger charge is 2.26. The lowest BCUT2D eigenvalue weighted by molar-refractivity contribution is -0.130. The fraction of sp³-hybridized carbons (Fsp3) is 0.381. The Morgan fingerprint density at radius 1 is 1.10 bits per heavy atom. The maximum absolute atomic E-state index is 12.7. The molecule has 1 saturated heterocycles. The predicted molar refractivity (Wildman–Crippen MR) is 112 cm³/mol. The van der Waals surface area contributed by atoms with E-state index in [0.29, 0.717) is 50.7 Å². The molecule has 0 spiro atoms. The van der Waals surface area contributed by atoms with Crippen molar-refractivity contribution in [1.82, 2.24) is 9.21 Å². The number of benzene rings is 2. The second kappa shape index (κ2) is 9.71. The van der Waals surface area contributed by atoms with E-state index in [4.69, 9.17) is 16.3 Å². The van der Waals surface area contributed by atoms with Crippen LogP contribution in [0.4, 0.5) is 0 Å². The molecular weight excluding hydrogens is 412 g/mol. The zero-order chi connectivity index (χ0) is 20.9. The maximum atomic E-state index is 12.7. The van der Waals surface area contributed by atoms with E-state index in [0.717, 1.165) is 11.1 Å². The highest BCUT2D eigenvalue weighted by atomic mass is 35.5. The molecule has 0 aromatic heterocycles. The quantitative estimate of drug-likeness (QED) is 0.669. The minimum atomic E-state index is -3.49. The first-order valence-electron chi connectivity index (χ1n) is 9.51. The van der Waals surface area contributed by atoms with E-state index in [1.54, 1.807) is 42.3 Å². The molecule has 0 atom stereocenters. The Morgan fingerprint density at radius 3 is 2.45 bits per heavy atom. The largest absolute Gasteiger partial charge is 0.379 e. The molecule has 0 saturated carbocycles. The number of sulfonamides is 1. The normalized spacial score (nSPS) is 15.2. The van der Waals surface area contributed by atoms with E-state index < -0.39 is 10.0 Å². The number of morpholine rings is 1. The standard InChI is InChI=1S/C21H25ClN2O4S/c1-23(16-18-3-2-4-19(22)15-18)21(25)10-7-17-5-8-20(9-6-17)29(26,27)24-11-13-28-14-12-24/h2-6,8-9,15H,7,10-14,16H2,1H3.